The molecule has 0 saturated carbocycles. The van der Waals surface area contributed by atoms with Crippen LogP contribution in [-0.4, -0.2) is 23.6 Å². The molecule has 0 aromatic carbocycles. The Balaban J connectivity index is 3.44. The zero-order valence-corrected chi connectivity index (χ0v) is 9.34. The maximum absolute atomic E-state index is 13.1. The predicted octanol–water partition coefficient (Wildman–Crippen LogP) is 2.73. The molecule has 0 bridgehead atoms. The summed E-state index contributed by atoms with van der Waals surface area (Å²) in [5, 5.41) is 9.11. The molecule has 0 aliphatic rings. The van der Waals surface area contributed by atoms with Gasteiger partial charge in [0, 0.05) is 6.42 Å². The van der Waals surface area contributed by atoms with Crippen LogP contribution in [0.1, 0.15) is 51.9 Å². The fourth-order valence-electron chi connectivity index (χ4n) is 1.41. The van der Waals surface area contributed by atoms with E-state index in [0.29, 0.717) is 6.42 Å². The number of isocyanates is 1. The standard InChI is InChI=1S/C11H20FNO2/c1-2-3-4-5-6-7-8-11(12,15)9-13-10-14/h15H,2-9H2,1H3. The molecule has 15 heavy (non-hydrogen) atoms. The van der Waals surface area contributed by atoms with Crippen molar-refractivity contribution in [1.82, 2.24) is 0 Å². The van der Waals surface area contributed by atoms with E-state index in [1.807, 2.05) is 0 Å². The molecule has 1 N–H and O–H groups in total. The Kier molecular flexibility index (Phi) is 8.15. The lowest BCUT2D eigenvalue weighted by Crippen LogP contribution is -2.25. The highest BCUT2D eigenvalue weighted by Crippen LogP contribution is 2.17. The van der Waals surface area contributed by atoms with E-state index in [0.717, 1.165) is 19.3 Å². The van der Waals surface area contributed by atoms with Gasteiger partial charge in [-0.25, -0.2) is 9.18 Å². The third kappa shape index (κ3) is 9.57. The van der Waals surface area contributed by atoms with Gasteiger partial charge in [-0.15, -0.1) is 0 Å². The normalized spacial score (nSPS) is 14.3. The number of carbonyl (C=O) groups excluding carboxylic acids is 1. The lowest BCUT2D eigenvalue weighted by molar-refractivity contribution is -0.0860. The number of rotatable bonds is 9. The summed E-state index contributed by atoms with van der Waals surface area (Å²) in [6.45, 7) is 1.64. The molecule has 1 atom stereocenters. The summed E-state index contributed by atoms with van der Waals surface area (Å²) in [6.07, 6.45) is 7.42. The minimum Gasteiger partial charge on any atom is -0.360 e. The largest absolute Gasteiger partial charge is 0.360 e. The summed E-state index contributed by atoms with van der Waals surface area (Å²) >= 11 is 0. The quantitative estimate of drug-likeness (QED) is 0.367. The van der Waals surface area contributed by atoms with Crippen LogP contribution in [0.15, 0.2) is 4.99 Å². The van der Waals surface area contributed by atoms with Crippen molar-refractivity contribution in [2.24, 2.45) is 4.99 Å². The summed E-state index contributed by atoms with van der Waals surface area (Å²) in [5.41, 5.74) is 0. The molecule has 1 unspecified atom stereocenters. The topological polar surface area (TPSA) is 49.7 Å². The molecule has 0 aromatic rings. The molecule has 88 valence electrons. The van der Waals surface area contributed by atoms with Crippen molar-refractivity contribution in [3.63, 3.8) is 0 Å². The number of aliphatic hydroxyl groups is 1. The van der Waals surface area contributed by atoms with E-state index in [9.17, 15) is 9.18 Å². The fourth-order valence-corrected chi connectivity index (χ4v) is 1.41. The third-order valence-electron chi connectivity index (χ3n) is 2.30. The molecule has 0 spiro atoms. The number of hydrogen-bond acceptors (Lipinski definition) is 3. The maximum Gasteiger partial charge on any atom is 0.235 e. The van der Waals surface area contributed by atoms with E-state index >= 15 is 0 Å². The van der Waals surface area contributed by atoms with Gasteiger partial charge >= 0.3 is 0 Å². The zero-order valence-electron chi connectivity index (χ0n) is 9.34. The molecule has 0 amide bonds. The van der Waals surface area contributed by atoms with Gasteiger partial charge in [-0.3, -0.25) is 0 Å². The van der Waals surface area contributed by atoms with Gasteiger partial charge in [-0.2, -0.15) is 4.99 Å². The summed E-state index contributed by atoms with van der Waals surface area (Å²) in [4.78, 5) is 12.8. The van der Waals surface area contributed by atoms with Crippen LogP contribution < -0.4 is 0 Å². The van der Waals surface area contributed by atoms with Crippen molar-refractivity contribution in [2.45, 2.75) is 57.7 Å². The average molecular weight is 217 g/mol. The van der Waals surface area contributed by atoms with Crippen LogP contribution in [0.5, 0.6) is 0 Å². The fraction of sp³-hybridized carbons (Fsp3) is 0.909. The van der Waals surface area contributed by atoms with Crippen molar-refractivity contribution in [3.05, 3.63) is 0 Å². The van der Waals surface area contributed by atoms with Gasteiger partial charge in [0.1, 0.15) is 6.54 Å². The second kappa shape index (κ2) is 8.57. The Morgan fingerprint density at radius 1 is 1.27 bits per heavy atom. The molecular weight excluding hydrogens is 197 g/mol. The van der Waals surface area contributed by atoms with Crippen molar-refractivity contribution in [3.8, 4) is 0 Å². The highest BCUT2D eigenvalue weighted by atomic mass is 19.2. The third-order valence-corrected chi connectivity index (χ3v) is 2.30. The van der Waals surface area contributed by atoms with Crippen molar-refractivity contribution in [1.29, 1.82) is 0 Å². The van der Waals surface area contributed by atoms with Crippen molar-refractivity contribution >= 4 is 6.08 Å². The van der Waals surface area contributed by atoms with Crippen LogP contribution in [0, 0.1) is 0 Å². The van der Waals surface area contributed by atoms with Crippen molar-refractivity contribution in [2.75, 3.05) is 6.54 Å². The SMILES string of the molecule is CCCCCCCCC(O)(F)CN=C=O. The van der Waals surface area contributed by atoms with Crippen LogP contribution in [0.4, 0.5) is 4.39 Å². The van der Waals surface area contributed by atoms with Gasteiger partial charge in [0.15, 0.2) is 0 Å². The Morgan fingerprint density at radius 3 is 2.47 bits per heavy atom. The number of alkyl halides is 1. The maximum atomic E-state index is 13.1. The lowest BCUT2D eigenvalue weighted by atomic mass is 10.1. The van der Waals surface area contributed by atoms with Gasteiger partial charge in [-0.05, 0) is 6.42 Å². The molecule has 0 saturated heterocycles. The molecule has 0 aliphatic heterocycles. The van der Waals surface area contributed by atoms with E-state index in [-0.39, 0.29) is 6.42 Å². The molecule has 4 heteroatoms. The summed E-state index contributed by atoms with van der Waals surface area (Å²) in [7, 11) is 0. The Labute approximate surface area is 90.4 Å². The number of unbranched alkanes of at least 4 members (excludes halogenated alkanes) is 5. The Bertz CT molecular complexity index is 201. The lowest BCUT2D eigenvalue weighted by Gasteiger charge is -2.15. The summed E-state index contributed by atoms with van der Waals surface area (Å²) in [5.74, 6) is -2.33. The average Bonchev–Trinajstić information content (AvgIpc) is 2.20. The molecule has 0 aromatic heterocycles. The molecule has 0 aliphatic carbocycles. The first-order valence-electron chi connectivity index (χ1n) is 5.57. The molecule has 0 heterocycles. The molecule has 3 nitrogen and oxygen atoms in total. The highest BCUT2D eigenvalue weighted by Gasteiger charge is 2.24. The molecule has 0 radical (unpaired) electrons. The van der Waals surface area contributed by atoms with Crippen molar-refractivity contribution < 1.29 is 14.3 Å². The smallest absolute Gasteiger partial charge is 0.235 e. The summed E-state index contributed by atoms with van der Waals surface area (Å²) < 4.78 is 13.1. The number of hydrogen-bond donors (Lipinski definition) is 1. The monoisotopic (exact) mass is 217 g/mol. The molecular formula is C11H20FNO2. The minimum absolute atomic E-state index is 0.0459. The Hall–Kier alpha value is -0.730. The molecule has 0 fully saturated rings. The van der Waals surface area contributed by atoms with Crippen LogP contribution in [0.3, 0.4) is 0 Å². The minimum atomic E-state index is -2.33. The van der Waals surface area contributed by atoms with E-state index in [4.69, 9.17) is 5.11 Å². The predicted molar refractivity (Wildman–Crippen MR) is 57.0 cm³/mol. The van der Waals surface area contributed by atoms with E-state index in [2.05, 4.69) is 11.9 Å². The summed E-state index contributed by atoms with van der Waals surface area (Å²) in [6, 6.07) is 0. The van der Waals surface area contributed by atoms with Gasteiger partial charge < -0.3 is 5.11 Å². The number of halogens is 1. The van der Waals surface area contributed by atoms with E-state index < -0.39 is 12.4 Å². The Morgan fingerprint density at radius 2 is 1.87 bits per heavy atom. The van der Waals surface area contributed by atoms with Gasteiger partial charge in [0.25, 0.3) is 0 Å². The van der Waals surface area contributed by atoms with E-state index in [1.54, 1.807) is 0 Å². The first kappa shape index (κ1) is 14.3. The number of nitrogens with zero attached hydrogens (tertiary/aromatic N) is 1. The van der Waals surface area contributed by atoms with Crippen LogP contribution >= 0.6 is 0 Å². The van der Waals surface area contributed by atoms with Gasteiger partial charge in [0.05, 0.1) is 0 Å². The second-order valence-corrected chi connectivity index (χ2v) is 3.84. The zero-order chi connectivity index (χ0) is 11.6. The molecule has 0 rings (SSSR count). The van der Waals surface area contributed by atoms with E-state index in [1.165, 1.54) is 18.9 Å². The first-order valence-corrected chi connectivity index (χ1v) is 5.57. The number of aliphatic imine (C=N–C) groups is 1. The van der Waals surface area contributed by atoms with Crippen LogP contribution in [0.2, 0.25) is 0 Å². The van der Waals surface area contributed by atoms with Crippen LogP contribution in [0.25, 0.3) is 0 Å². The van der Waals surface area contributed by atoms with Gasteiger partial charge in [-0.1, -0.05) is 39.0 Å². The van der Waals surface area contributed by atoms with Gasteiger partial charge in [0.2, 0.25) is 11.9 Å². The first-order chi connectivity index (χ1) is 7.12. The highest BCUT2D eigenvalue weighted by molar-refractivity contribution is 5.32. The second-order valence-electron chi connectivity index (χ2n) is 3.84. The van der Waals surface area contributed by atoms with Crippen LogP contribution in [-0.2, 0) is 4.79 Å².